The molecule has 0 amide bonds. The zero-order chi connectivity index (χ0) is 13.9. The van der Waals surface area contributed by atoms with Gasteiger partial charge in [0.2, 0.25) is 0 Å². The van der Waals surface area contributed by atoms with Crippen LogP contribution in [0.3, 0.4) is 0 Å². The van der Waals surface area contributed by atoms with Gasteiger partial charge in [-0.15, -0.1) is 0 Å². The van der Waals surface area contributed by atoms with E-state index in [0.717, 1.165) is 25.7 Å². The lowest BCUT2D eigenvalue weighted by atomic mass is 9.84. The van der Waals surface area contributed by atoms with Gasteiger partial charge >= 0.3 is 5.97 Å². The van der Waals surface area contributed by atoms with Gasteiger partial charge in [-0.05, 0) is 12.8 Å². The lowest BCUT2D eigenvalue weighted by Crippen LogP contribution is -2.33. The minimum Gasteiger partial charge on any atom is -0.465 e. The number of esters is 1. The lowest BCUT2D eigenvalue weighted by Gasteiger charge is -2.34. The van der Waals surface area contributed by atoms with Gasteiger partial charge in [-0.1, -0.05) is 19.3 Å². The van der Waals surface area contributed by atoms with Crippen molar-refractivity contribution in [1.82, 2.24) is 9.97 Å². The molecule has 19 heavy (non-hydrogen) atoms. The van der Waals surface area contributed by atoms with E-state index in [1.165, 1.54) is 19.7 Å². The van der Waals surface area contributed by atoms with Crippen molar-refractivity contribution in [3.05, 3.63) is 17.6 Å². The largest absolute Gasteiger partial charge is 0.465 e. The first kappa shape index (κ1) is 13.7. The zero-order valence-corrected chi connectivity index (χ0v) is 11.3. The van der Waals surface area contributed by atoms with Crippen molar-refractivity contribution >= 4 is 11.8 Å². The molecule has 1 aliphatic rings. The molecule has 1 aromatic heterocycles. The van der Waals surface area contributed by atoms with Crippen molar-refractivity contribution in [1.29, 1.82) is 0 Å². The van der Waals surface area contributed by atoms with E-state index in [-0.39, 0.29) is 11.4 Å². The number of rotatable bonds is 3. The van der Waals surface area contributed by atoms with E-state index >= 15 is 0 Å². The molecule has 1 heterocycles. The summed E-state index contributed by atoms with van der Waals surface area (Å²) in [5.41, 5.74) is 5.53. The van der Waals surface area contributed by atoms with Crippen molar-refractivity contribution in [2.75, 3.05) is 20.0 Å². The summed E-state index contributed by atoms with van der Waals surface area (Å²) >= 11 is 0. The average molecular weight is 265 g/mol. The quantitative estimate of drug-likeness (QED) is 0.836. The summed E-state index contributed by atoms with van der Waals surface area (Å²) in [6.07, 6.45) is 6.52. The fourth-order valence-corrected chi connectivity index (χ4v) is 2.52. The van der Waals surface area contributed by atoms with E-state index in [1.807, 2.05) is 0 Å². The molecule has 1 fully saturated rings. The van der Waals surface area contributed by atoms with Crippen LogP contribution >= 0.6 is 0 Å². The van der Waals surface area contributed by atoms with E-state index in [4.69, 9.17) is 10.5 Å². The first-order valence-corrected chi connectivity index (χ1v) is 6.39. The van der Waals surface area contributed by atoms with Gasteiger partial charge in [-0.25, -0.2) is 14.8 Å². The van der Waals surface area contributed by atoms with E-state index in [9.17, 15) is 4.79 Å². The second-order valence-electron chi connectivity index (χ2n) is 4.74. The van der Waals surface area contributed by atoms with Crippen LogP contribution in [0.25, 0.3) is 0 Å². The molecule has 0 spiro atoms. The first-order valence-electron chi connectivity index (χ1n) is 6.39. The van der Waals surface area contributed by atoms with E-state index < -0.39 is 11.6 Å². The van der Waals surface area contributed by atoms with Crippen LogP contribution in [0.4, 0.5) is 5.82 Å². The third-order valence-corrected chi connectivity index (χ3v) is 3.68. The number of methoxy groups -OCH3 is 2. The summed E-state index contributed by atoms with van der Waals surface area (Å²) in [5.74, 6) is 0.165. The monoisotopic (exact) mass is 265 g/mol. The number of hydrogen-bond donors (Lipinski definition) is 1. The summed E-state index contributed by atoms with van der Waals surface area (Å²) in [4.78, 5) is 20.0. The van der Waals surface area contributed by atoms with Gasteiger partial charge in [0.1, 0.15) is 17.0 Å². The van der Waals surface area contributed by atoms with Gasteiger partial charge < -0.3 is 15.2 Å². The molecule has 0 unspecified atom stereocenters. The lowest BCUT2D eigenvalue weighted by molar-refractivity contribution is -0.0514. The van der Waals surface area contributed by atoms with Gasteiger partial charge in [0, 0.05) is 13.3 Å². The number of carbonyl (C=O) groups excluding carboxylic acids is 1. The zero-order valence-electron chi connectivity index (χ0n) is 11.3. The van der Waals surface area contributed by atoms with Crippen LogP contribution in [0.5, 0.6) is 0 Å². The fourth-order valence-electron chi connectivity index (χ4n) is 2.52. The van der Waals surface area contributed by atoms with Crippen molar-refractivity contribution < 1.29 is 14.3 Å². The topological polar surface area (TPSA) is 87.3 Å². The molecule has 0 atom stereocenters. The minimum atomic E-state index is -0.529. The Kier molecular flexibility index (Phi) is 3.99. The maximum atomic E-state index is 11.5. The van der Waals surface area contributed by atoms with Crippen molar-refractivity contribution in [3.63, 3.8) is 0 Å². The molecule has 1 aromatic rings. The number of hydrogen-bond acceptors (Lipinski definition) is 6. The number of ether oxygens (including phenoxy) is 2. The Bertz CT molecular complexity index is 470. The highest BCUT2D eigenvalue weighted by Crippen LogP contribution is 2.38. The highest BCUT2D eigenvalue weighted by molar-refractivity contribution is 5.93. The number of aromatic nitrogens is 2. The second-order valence-corrected chi connectivity index (χ2v) is 4.74. The molecular weight excluding hydrogens is 246 g/mol. The molecule has 0 bridgehead atoms. The molecule has 1 aliphatic carbocycles. The third kappa shape index (κ3) is 2.53. The Balaban J connectivity index is 2.35. The molecule has 0 aliphatic heterocycles. The standard InChI is InChI=1S/C13H19N3O3/c1-18-11(17)9-8-15-12(16-10(9)14)13(19-2)6-4-3-5-7-13/h8H,3-7H2,1-2H3,(H2,14,15,16). The summed E-state index contributed by atoms with van der Waals surface area (Å²) in [7, 11) is 2.96. The van der Waals surface area contributed by atoms with Gasteiger partial charge in [-0.2, -0.15) is 0 Å². The van der Waals surface area contributed by atoms with Gasteiger partial charge in [0.25, 0.3) is 0 Å². The van der Waals surface area contributed by atoms with Gasteiger partial charge in [0.15, 0.2) is 5.82 Å². The smallest absolute Gasteiger partial charge is 0.343 e. The molecule has 0 saturated heterocycles. The summed E-state index contributed by atoms with van der Waals surface area (Å²) < 4.78 is 10.3. The van der Waals surface area contributed by atoms with Crippen LogP contribution in [0.1, 0.15) is 48.3 Å². The number of anilines is 1. The molecule has 0 aromatic carbocycles. The van der Waals surface area contributed by atoms with Crippen LogP contribution in [0.2, 0.25) is 0 Å². The average Bonchev–Trinajstić information content (AvgIpc) is 2.47. The fraction of sp³-hybridized carbons (Fsp3) is 0.615. The molecule has 0 radical (unpaired) electrons. The Labute approximate surface area is 112 Å². The number of nitrogens with zero attached hydrogens (tertiary/aromatic N) is 2. The Morgan fingerprint density at radius 3 is 2.53 bits per heavy atom. The minimum absolute atomic E-state index is 0.138. The predicted octanol–water partition coefficient (Wildman–Crippen LogP) is 1.65. The summed E-state index contributed by atoms with van der Waals surface area (Å²) in [6, 6.07) is 0. The summed E-state index contributed by atoms with van der Waals surface area (Å²) in [5, 5.41) is 0. The molecule has 6 heteroatoms. The third-order valence-electron chi connectivity index (χ3n) is 3.68. The first-order chi connectivity index (χ1) is 9.13. The van der Waals surface area contributed by atoms with E-state index in [1.54, 1.807) is 7.11 Å². The molecule has 2 rings (SSSR count). The molecule has 104 valence electrons. The van der Waals surface area contributed by atoms with E-state index in [0.29, 0.717) is 5.82 Å². The van der Waals surface area contributed by atoms with Crippen LogP contribution in [0.15, 0.2) is 6.20 Å². The SMILES string of the molecule is COC(=O)c1cnc(C2(OC)CCCCC2)nc1N. The number of carbonyl (C=O) groups is 1. The van der Waals surface area contributed by atoms with E-state index in [2.05, 4.69) is 14.7 Å². The van der Waals surface area contributed by atoms with Crippen LogP contribution in [-0.4, -0.2) is 30.2 Å². The molecule has 2 N–H and O–H groups in total. The van der Waals surface area contributed by atoms with Crippen molar-refractivity contribution in [2.24, 2.45) is 0 Å². The molecule has 6 nitrogen and oxygen atoms in total. The van der Waals surface area contributed by atoms with Crippen molar-refractivity contribution in [2.45, 2.75) is 37.7 Å². The van der Waals surface area contributed by atoms with Crippen molar-refractivity contribution in [3.8, 4) is 0 Å². The maximum absolute atomic E-state index is 11.5. The Hall–Kier alpha value is -1.69. The van der Waals surface area contributed by atoms with Crippen LogP contribution < -0.4 is 5.73 Å². The number of nitrogen functional groups attached to an aromatic ring is 1. The molecule has 1 saturated carbocycles. The Morgan fingerprint density at radius 2 is 2.00 bits per heavy atom. The maximum Gasteiger partial charge on any atom is 0.343 e. The highest BCUT2D eigenvalue weighted by atomic mass is 16.5. The predicted molar refractivity (Wildman–Crippen MR) is 69.6 cm³/mol. The molecular formula is C13H19N3O3. The normalized spacial score (nSPS) is 18.0. The second kappa shape index (κ2) is 5.52. The van der Waals surface area contributed by atoms with Crippen LogP contribution in [0, 0.1) is 0 Å². The van der Waals surface area contributed by atoms with Gasteiger partial charge in [0.05, 0.1) is 7.11 Å². The Morgan fingerprint density at radius 1 is 1.32 bits per heavy atom. The van der Waals surface area contributed by atoms with Gasteiger partial charge in [-0.3, -0.25) is 0 Å². The summed E-state index contributed by atoms with van der Waals surface area (Å²) in [6.45, 7) is 0. The number of nitrogens with two attached hydrogens (primary N) is 1. The highest BCUT2D eigenvalue weighted by Gasteiger charge is 2.37. The van der Waals surface area contributed by atoms with Crippen LogP contribution in [-0.2, 0) is 15.1 Å².